The van der Waals surface area contributed by atoms with Crippen LogP contribution in [0.5, 0.6) is 0 Å². The van der Waals surface area contributed by atoms with E-state index in [2.05, 4.69) is 10.2 Å². The Balaban J connectivity index is 2.21. The van der Waals surface area contributed by atoms with Gasteiger partial charge >= 0.3 is 0 Å². The summed E-state index contributed by atoms with van der Waals surface area (Å²) in [5, 5.41) is 8.85. The number of benzene rings is 1. The summed E-state index contributed by atoms with van der Waals surface area (Å²) in [5.41, 5.74) is 6.16. The molecule has 2 N–H and O–H groups in total. The topological polar surface area (TPSA) is 64.9 Å². The quantitative estimate of drug-likeness (QED) is 0.929. The van der Waals surface area contributed by atoms with E-state index in [1.54, 1.807) is 18.2 Å². The first kappa shape index (κ1) is 12.4. The fraction of sp³-hybridized carbons (Fsp3) is 0.273. The highest BCUT2D eigenvalue weighted by atomic mass is 35.5. The summed E-state index contributed by atoms with van der Waals surface area (Å²) in [6.07, 6.45) is 1.51. The lowest BCUT2D eigenvalue weighted by molar-refractivity contribution is 0.499. The Bertz CT molecular complexity index is 513. The van der Waals surface area contributed by atoms with Crippen LogP contribution in [0.4, 0.5) is 0 Å². The molecule has 0 unspecified atom stereocenters. The average Bonchev–Trinajstić information content (AvgIpc) is 2.79. The highest BCUT2D eigenvalue weighted by molar-refractivity contribution is 6.42. The van der Waals surface area contributed by atoms with Gasteiger partial charge in [0.2, 0.25) is 11.8 Å². The van der Waals surface area contributed by atoms with Crippen LogP contribution >= 0.6 is 23.2 Å². The molecule has 1 aromatic heterocycles. The zero-order chi connectivity index (χ0) is 12.3. The van der Waals surface area contributed by atoms with Gasteiger partial charge in [0.15, 0.2) is 0 Å². The highest BCUT2D eigenvalue weighted by Gasteiger charge is 2.09. The zero-order valence-corrected chi connectivity index (χ0v) is 10.5. The van der Waals surface area contributed by atoms with Crippen LogP contribution in [0.1, 0.15) is 12.3 Å². The molecule has 17 heavy (non-hydrogen) atoms. The first-order valence-electron chi connectivity index (χ1n) is 5.18. The van der Waals surface area contributed by atoms with Crippen LogP contribution in [0, 0.1) is 0 Å². The van der Waals surface area contributed by atoms with Crippen LogP contribution in [0.2, 0.25) is 10.0 Å². The first-order valence-corrected chi connectivity index (χ1v) is 5.94. The minimum atomic E-state index is 0.440. The van der Waals surface area contributed by atoms with Crippen molar-refractivity contribution in [1.82, 2.24) is 10.2 Å². The maximum absolute atomic E-state index is 5.92. The lowest BCUT2D eigenvalue weighted by atomic mass is 10.2. The van der Waals surface area contributed by atoms with Crippen molar-refractivity contribution in [2.45, 2.75) is 12.8 Å². The van der Waals surface area contributed by atoms with E-state index in [4.69, 9.17) is 33.4 Å². The van der Waals surface area contributed by atoms with Gasteiger partial charge in [-0.05, 0) is 31.2 Å². The fourth-order valence-corrected chi connectivity index (χ4v) is 1.65. The molecule has 0 bridgehead atoms. The van der Waals surface area contributed by atoms with Crippen molar-refractivity contribution in [1.29, 1.82) is 0 Å². The number of nitrogens with two attached hydrogens (primary N) is 1. The fourth-order valence-electron chi connectivity index (χ4n) is 1.35. The van der Waals surface area contributed by atoms with Gasteiger partial charge in [-0.2, -0.15) is 0 Å². The zero-order valence-electron chi connectivity index (χ0n) is 8.99. The number of aromatic nitrogens is 2. The van der Waals surface area contributed by atoms with Crippen LogP contribution in [0.15, 0.2) is 22.6 Å². The molecule has 0 atom stereocenters. The van der Waals surface area contributed by atoms with E-state index in [1.165, 1.54) is 0 Å². The molecule has 2 aromatic rings. The van der Waals surface area contributed by atoms with E-state index in [0.717, 1.165) is 12.0 Å². The molecule has 0 saturated carbocycles. The van der Waals surface area contributed by atoms with Gasteiger partial charge in [-0.15, -0.1) is 10.2 Å². The first-order chi connectivity index (χ1) is 8.20. The van der Waals surface area contributed by atoms with Crippen LogP contribution in [0.3, 0.4) is 0 Å². The van der Waals surface area contributed by atoms with E-state index in [-0.39, 0.29) is 0 Å². The SMILES string of the molecule is NCCCc1nnc(-c2ccc(Cl)c(Cl)c2)o1. The molecular weight excluding hydrogens is 261 g/mol. The number of rotatable bonds is 4. The summed E-state index contributed by atoms with van der Waals surface area (Å²) in [7, 11) is 0. The predicted octanol–water partition coefficient (Wildman–Crippen LogP) is 2.93. The molecule has 1 heterocycles. The summed E-state index contributed by atoms with van der Waals surface area (Å²) < 4.78 is 5.49. The third-order valence-electron chi connectivity index (χ3n) is 2.23. The molecule has 0 saturated heterocycles. The Morgan fingerprint density at radius 3 is 2.71 bits per heavy atom. The maximum atomic E-state index is 5.92. The van der Waals surface area contributed by atoms with Gasteiger partial charge in [0, 0.05) is 12.0 Å². The number of hydrogen-bond donors (Lipinski definition) is 1. The molecule has 4 nitrogen and oxygen atoms in total. The molecule has 6 heteroatoms. The van der Waals surface area contributed by atoms with E-state index in [9.17, 15) is 0 Å². The smallest absolute Gasteiger partial charge is 0.247 e. The normalized spacial score (nSPS) is 10.8. The van der Waals surface area contributed by atoms with Crippen molar-refractivity contribution >= 4 is 23.2 Å². The Morgan fingerprint density at radius 1 is 1.18 bits per heavy atom. The third-order valence-corrected chi connectivity index (χ3v) is 2.97. The molecule has 0 fully saturated rings. The maximum Gasteiger partial charge on any atom is 0.247 e. The molecule has 0 aliphatic heterocycles. The van der Waals surface area contributed by atoms with E-state index in [1.807, 2.05) is 0 Å². The van der Waals surface area contributed by atoms with Gasteiger partial charge in [0.05, 0.1) is 10.0 Å². The van der Waals surface area contributed by atoms with Crippen molar-refractivity contribution in [3.63, 3.8) is 0 Å². The summed E-state index contributed by atoms with van der Waals surface area (Å²) in [5.74, 6) is 1.02. The highest BCUT2D eigenvalue weighted by Crippen LogP contribution is 2.27. The summed E-state index contributed by atoms with van der Waals surface area (Å²) in [6.45, 7) is 0.602. The largest absolute Gasteiger partial charge is 0.421 e. The van der Waals surface area contributed by atoms with Gasteiger partial charge in [-0.1, -0.05) is 23.2 Å². The molecule has 0 spiro atoms. The van der Waals surface area contributed by atoms with E-state index >= 15 is 0 Å². The molecule has 0 aliphatic rings. The second-order valence-corrected chi connectivity index (χ2v) is 4.34. The van der Waals surface area contributed by atoms with Crippen molar-refractivity contribution in [2.75, 3.05) is 6.54 Å². The minimum absolute atomic E-state index is 0.440. The second kappa shape index (κ2) is 5.49. The minimum Gasteiger partial charge on any atom is -0.421 e. The Labute approximate surface area is 109 Å². The van der Waals surface area contributed by atoms with Crippen LogP contribution in [0.25, 0.3) is 11.5 Å². The van der Waals surface area contributed by atoms with Crippen LogP contribution in [-0.2, 0) is 6.42 Å². The standard InChI is InChI=1S/C11H11Cl2N3O/c12-8-4-3-7(6-9(8)13)11-16-15-10(17-11)2-1-5-14/h3-4,6H,1-2,5,14H2. The van der Waals surface area contributed by atoms with E-state index in [0.29, 0.717) is 34.8 Å². The third kappa shape index (κ3) is 2.97. The number of halogens is 2. The molecule has 0 aliphatic carbocycles. The lowest BCUT2D eigenvalue weighted by Gasteiger charge is -1.97. The summed E-state index contributed by atoms with van der Waals surface area (Å²) >= 11 is 11.7. The summed E-state index contributed by atoms with van der Waals surface area (Å²) in [4.78, 5) is 0. The van der Waals surface area contributed by atoms with E-state index < -0.39 is 0 Å². The average molecular weight is 272 g/mol. The van der Waals surface area contributed by atoms with Gasteiger partial charge in [0.25, 0.3) is 0 Å². The predicted molar refractivity (Wildman–Crippen MR) is 67.1 cm³/mol. The molecule has 0 amide bonds. The van der Waals surface area contributed by atoms with Crippen molar-refractivity contribution in [2.24, 2.45) is 5.73 Å². The van der Waals surface area contributed by atoms with Gasteiger partial charge in [-0.25, -0.2) is 0 Å². The Hall–Kier alpha value is -1.10. The molecule has 1 aromatic carbocycles. The van der Waals surface area contributed by atoms with Crippen molar-refractivity contribution < 1.29 is 4.42 Å². The summed E-state index contributed by atoms with van der Waals surface area (Å²) in [6, 6.07) is 5.18. The molecule has 2 rings (SSSR count). The number of aryl methyl sites for hydroxylation is 1. The second-order valence-electron chi connectivity index (χ2n) is 3.52. The number of hydrogen-bond acceptors (Lipinski definition) is 4. The number of nitrogens with zero attached hydrogens (tertiary/aromatic N) is 2. The van der Waals surface area contributed by atoms with Crippen molar-refractivity contribution in [3.8, 4) is 11.5 Å². The molecule has 90 valence electrons. The van der Waals surface area contributed by atoms with Crippen molar-refractivity contribution in [3.05, 3.63) is 34.1 Å². The monoisotopic (exact) mass is 271 g/mol. The van der Waals surface area contributed by atoms with Crippen LogP contribution < -0.4 is 5.73 Å². The van der Waals surface area contributed by atoms with Gasteiger partial charge in [-0.3, -0.25) is 0 Å². The van der Waals surface area contributed by atoms with Crippen LogP contribution in [-0.4, -0.2) is 16.7 Å². The Kier molecular flexibility index (Phi) is 3.99. The molecular formula is C11H11Cl2N3O. The Morgan fingerprint density at radius 2 is 2.00 bits per heavy atom. The molecule has 0 radical (unpaired) electrons. The van der Waals surface area contributed by atoms with Gasteiger partial charge in [0.1, 0.15) is 0 Å². The van der Waals surface area contributed by atoms with Gasteiger partial charge < -0.3 is 10.2 Å². The lowest BCUT2D eigenvalue weighted by Crippen LogP contribution is -2.00.